The maximum Gasteiger partial charge on any atom is 0.191 e. The maximum absolute atomic E-state index is 4.27. The number of likely N-dealkylation sites (tertiary alicyclic amines) is 1. The van der Waals surface area contributed by atoms with Crippen LogP contribution in [0.2, 0.25) is 0 Å². The summed E-state index contributed by atoms with van der Waals surface area (Å²) in [6.45, 7) is 4.19. The van der Waals surface area contributed by atoms with E-state index in [1.54, 1.807) is 0 Å². The fraction of sp³-hybridized carbons (Fsp3) is 0.733. The second kappa shape index (κ2) is 10.0. The standard InChI is InChI=1S/C15H28N6.HI/c1-16-15(18-12-14-5-9-19-21(14)3)17-8-4-13-6-10-20(2)11-7-13;/h5,9,13H,4,6-8,10-12H2,1-3H3,(H2,16,17,18);1H. The number of aliphatic imine (C=N–C) groups is 1. The molecule has 1 aliphatic heterocycles. The molecule has 0 bridgehead atoms. The predicted molar refractivity (Wildman–Crippen MR) is 102 cm³/mol. The lowest BCUT2D eigenvalue weighted by Crippen LogP contribution is -2.39. The van der Waals surface area contributed by atoms with Crippen LogP contribution >= 0.6 is 24.0 Å². The first-order valence-electron chi connectivity index (χ1n) is 7.79. The number of hydrogen-bond acceptors (Lipinski definition) is 3. The summed E-state index contributed by atoms with van der Waals surface area (Å²) in [6.07, 6.45) is 5.67. The monoisotopic (exact) mass is 420 g/mol. The molecular formula is C15H29IN6. The topological polar surface area (TPSA) is 57.5 Å². The maximum atomic E-state index is 4.27. The molecule has 22 heavy (non-hydrogen) atoms. The number of hydrogen-bond donors (Lipinski definition) is 2. The smallest absolute Gasteiger partial charge is 0.191 e. The van der Waals surface area contributed by atoms with Crippen LogP contribution in [0.1, 0.15) is 25.0 Å². The van der Waals surface area contributed by atoms with Gasteiger partial charge in [0.2, 0.25) is 0 Å². The molecule has 0 aliphatic carbocycles. The van der Waals surface area contributed by atoms with Gasteiger partial charge in [0.25, 0.3) is 0 Å². The summed E-state index contributed by atoms with van der Waals surface area (Å²) in [4.78, 5) is 6.68. The lowest BCUT2D eigenvalue weighted by molar-refractivity contribution is 0.213. The van der Waals surface area contributed by atoms with E-state index in [0.717, 1.165) is 30.7 Å². The summed E-state index contributed by atoms with van der Waals surface area (Å²) in [5.41, 5.74) is 1.15. The van der Waals surface area contributed by atoms with E-state index in [0.29, 0.717) is 0 Å². The normalized spacial score (nSPS) is 17.1. The highest BCUT2D eigenvalue weighted by atomic mass is 127. The van der Waals surface area contributed by atoms with E-state index in [9.17, 15) is 0 Å². The SMILES string of the molecule is CN=C(NCCC1CCN(C)CC1)NCc1ccnn1C.I. The Balaban J connectivity index is 0.00000242. The molecule has 1 aromatic heterocycles. The van der Waals surface area contributed by atoms with Crippen molar-refractivity contribution in [3.63, 3.8) is 0 Å². The minimum absolute atomic E-state index is 0. The molecule has 1 fully saturated rings. The molecule has 0 spiro atoms. The van der Waals surface area contributed by atoms with Gasteiger partial charge in [-0.2, -0.15) is 5.10 Å². The average Bonchev–Trinajstić information content (AvgIpc) is 2.90. The molecule has 7 heteroatoms. The van der Waals surface area contributed by atoms with Crippen molar-refractivity contribution in [2.45, 2.75) is 25.8 Å². The molecule has 0 amide bonds. The number of piperidine rings is 1. The molecule has 0 saturated carbocycles. The number of nitrogens with zero attached hydrogens (tertiary/aromatic N) is 4. The molecule has 1 aliphatic rings. The molecular weight excluding hydrogens is 391 g/mol. The Labute approximate surface area is 150 Å². The summed E-state index contributed by atoms with van der Waals surface area (Å²) < 4.78 is 1.87. The van der Waals surface area contributed by atoms with Crippen molar-refractivity contribution in [3.8, 4) is 0 Å². The first-order chi connectivity index (χ1) is 10.2. The molecule has 1 saturated heterocycles. The van der Waals surface area contributed by atoms with E-state index in [4.69, 9.17) is 0 Å². The van der Waals surface area contributed by atoms with Crippen molar-refractivity contribution in [2.75, 3.05) is 33.7 Å². The Morgan fingerprint density at radius 3 is 2.64 bits per heavy atom. The molecule has 6 nitrogen and oxygen atoms in total. The summed E-state index contributed by atoms with van der Waals surface area (Å²) in [5.74, 6) is 1.72. The van der Waals surface area contributed by atoms with E-state index in [1.165, 1.54) is 32.4 Å². The minimum Gasteiger partial charge on any atom is -0.356 e. The van der Waals surface area contributed by atoms with Crippen LogP contribution in [0.3, 0.4) is 0 Å². The van der Waals surface area contributed by atoms with Crippen molar-refractivity contribution in [1.29, 1.82) is 0 Å². The predicted octanol–water partition coefficient (Wildman–Crippen LogP) is 1.43. The molecule has 0 radical (unpaired) electrons. The van der Waals surface area contributed by atoms with Crippen LogP contribution in [0.25, 0.3) is 0 Å². The Bertz CT molecular complexity index is 451. The average molecular weight is 420 g/mol. The molecule has 126 valence electrons. The zero-order valence-corrected chi connectivity index (χ0v) is 16.2. The first-order valence-corrected chi connectivity index (χ1v) is 7.79. The van der Waals surface area contributed by atoms with Gasteiger partial charge < -0.3 is 15.5 Å². The fourth-order valence-corrected chi connectivity index (χ4v) is 2.72. The van der Waals surface area contributed by atoms with Crippen LogP contribution in [-0.2, 0) is 13.6 Å². The van der Waals surface area contributed by atoms with E-state index < -0.39 is 0 Å². The zero-order chi connectivity index (χ0) is 15.1. The number of nitrogens with one attached hydrogen (secondary N) is 2. The number of halogens is 1. The van der Waals surface area contributed by atoms with E-state index in [1.807, 2.05) is 31.0 Å². The Morgan fingerprint density at radius 2 is 2.05 bits per heavy atom. The third kappa shape index (κ3) is 6.12. The van der Waals surface area contributed by atoms with E-state index >= 15 is 0 Å². The lowest BCUT2D eigenvalue weighted by Gasteiger charge is -2.29. The van der Waals surface area contributed by atoms with Crippen molar-refractivity contribution < 1.29 is 0 Å². The van der Waals surface area contributed by atoms with Crippen LogP contribution in [0, 0.1) is 5.92 Å². The molecule has 1 aromatic rings. The number of aryl methyl sites for hydroxylation is 1. The van der Waals surface area contributed by atoms with Gasteiger partial charge in [0.05, 0.1) is 12.2 Å². The Kier molecular flexibility index (Phi) is 8.77. The van der Waals surface area contributed by atoms with Crippen molar-refractivity contribution in [3.05, 3.63) is 18.0 Å². The first kappa shape index (κ1) is 19.2. The van der Waals surface area contributed by atoms with Gasteiger partial charge in [0, 0.05) is 26.8 Å². The summed E-state index contributed by atoms with van der Waals surface area (Å²) in [6, 6.07) is 2.01. The lowest BCUT2D eigenvalue weighted by atomic mass is 9.94. The van der Waals surface area contributed by atoms with Crippen LogP contribution < -0.4 is 10.6 Å². The van der Waals surface area contributed by atoms with Crippen LogP contribution in [0.5, 0.6) is 0 Å². The van der Waals surface area contributed by atoms with Crippen molar-refractivity contribution in [1.82, 2.24) is 25.3 Å². The van der Waals surface area contributed by atoms with Gasteiger partial charge >= 0.3 is 0 Å². The highest BCUT2D eigenvalue weighted by molar-refractivity contribution is 14.0. The largest absolute Gasteiger partial charge is 0.356 e. The van der Waals surface area contributed by atoms with Gasteiger partial charge in [-0.15, -0.1) is 24.0 Å². The summed E-state index contributed by atoms with van der Waals surface area (Å²) in [7, 11) is 5.97. The number of aromatic nitrogens is 2. The van der Waals surface area contributed by atoms with Gasteiger partial charge in [-0.05, 0) is 51.4 Å². The third-order valence-corrected chi connectivity index (χ3v) is 4.27. The molecule has 0 aromatic carbocycles. The highest BCUT2D eigenvalue weighted by Gasteiger charge is 2.16. The second-order valence-electron chi connectivity index (χ2n) is 5.83. The quantitative estimate of drug-likeness (QED) is 0.430. The molecule has 0 atom stereocenters. The zero-order valence-electron chi connectivity index (χ0n) is 13.9. The van der Waals surface area contributed by atoms with Gasteiger partial charge in [-0.1, -0.05) is 0 Å². The van der Waals surface area contributed by atoms with Gasteiger partial charge in [-0.3, -0.25) is 9.67 Å². The summed E-state index contributed by atoms with van der Waals surface area (Å²) in [5, 5.41) is 10.9. The minimum atomic E-state index is 0. The van der Waals surface area contributed by atoms with Crippen LogP contribution in [-0.4, -0.2) is 54.4 Å². The summed E-state index contributed by atoms with van der Waals surface area (Å²) >= 11 is 0. The Hall–Kier alpha value is -0.830. The van der Waals surface area contributed by atoms with Crippen molar-refractivity contribution in [2.24, 2.45) is 18.0 Å². The highest BCUT2D eigenvalue weighted by Crippen LogP contribution is 2.18. The second-order valence-corrected chi connectivity index (χ2v) is 5.83. The number of rotatable bonds is 5. The van der Waals surface area contributed by atoms with Gasteiger partial charge in [0.15, 0.2) is 5.96 Å². The Morgan fingerprint density at radius 1 is 1.32 bits per heavy atom. The van der Waals surface area contributed by atoms with Gasteiger partial charge in [-0.25, -0.2) is 0 Å². The van der Waals surface area contributed by atoms with Crippen LogP contribution in [0.4, 0.5) is 0 Å². The molecule has 2 heterocycles. The van der Waals surface area contributed by atoms with E-state index in [2.05, 4.69) is 32.7 Å². The third-order valence-electron chi connectivity index (χ3n) is 4.27. The van der Waals surface area contributed by atoms with Crippen LogP contribution in [0.15, 0.2) is 17.3 Å². The molecule has 2 rings (SSSR count). The van der Waals surface area contributed by atoms with Crippen molar-refractivity contribution >= 4 is 29.9 Å². The fourth-order valence-electron chi connectivity index (χ4n) is 2.72. The van der Waals surface area contributed by atoms with Gasteiger partial charge in [0.1, 0.15) is 0 Å². The number of guanidine groups is 1. The van der Waals surface area contributed by atoms with E-state index in [-0.39, 0.29) is 24.0 Å². The molecule has 2 N–H and O–H groups in total. The molecule has 0 unspecified atom stereocenters.